The zero-order valence-electron chi connectivity index (χ0n) is 13.4. The van der Waals surface area contributed by atoms with E-state index in [1.807, 2.05) is 23.4 Å². The highest BCUT2D eigenvalue weighted by atomic mass is 16.4. The smallest absolute Gasteiger partial charge is 0.317 e. The van der Waals surface area contributed by atoms with Crippen LogP contribution in [-0.4, -0.2) is 79.9 Å². The molecule has 4 rings (SSSR count). The Hall–Kier alpha value is -2.03. The van der Waals surface area contributed by atoms with Crippen molar-refractivity contribution in [2.75, 3.05) is 39.3 Å². The van der Waals surface area contributed by atoms with Crippen molar-refractivity contribution in [1.29, 1.82) is 0 Å². The molecule has 128 valence electrons. The molecule has 2 fully saturated rings. The number of aliphatic hydroxyl groups excluding tert-OH is 1. The average molecular weight is 331 g/mol. The van der Waals surface area contributed by atoms with Gasteiger partial charge in [-0.25, -0.2) is 9.50 Å². The van der Waals surface area contributed by atoms with Crippen molar-refractivity contribution in [3.05, 3.63) is 30.2 Å². The van der Waals surface area contributed by atoms with Gasteiger partial charge in [0, 0.05) is 56.1 Å². The van der Waals surface area contributed by atoms with Gasteiger partial charge in [0.05, 0.1) is 19.3 Å². The molecule has 0 aliphatic carbocycles. The quantitative estimate of drug-likeness (QED) is 0.765. The Morgan fingerprint density at radius 1 is 1.33 bits per heavy atom. The van der Waals surface area contributed by atoms with Gasteiger partial charge in [-0.1, -0.05) is 0 Å². The number of carboxylic acids is 1. The van der Waals surface area contributed by atoms with E-state index in [4.69, 9.17) is 5.11 Å². The lowest BCUT2D eigenvalue weighted by molar-refractivity contribution is -0.138. The van der Waals surface area contributed by atoms with Gasteiger partial charge in [0.1, 0.15) is 0 Å². The van der Waals surface area contributed by atoms with E-state index in [1.54, 1.807) is 10.7 Å². The molecule has 0 aromatic carbocycles. The molecule has 0 saturated carbocycles. The predicted molar refractivity (Wildman–Crippen MR) is 85.3 cm³/mol. The molecule has 4 heterocycles. The van der Waals surface area contributed by atoms with Crippen LogP contribution in [0.2, 0.25) is 0 Å². The van der Waals surface area contributed by atoms with Gasteiger partial charge in [0.2, 0.25) is 0 Å². The van der Waals surface area contributed by atoms with Crippen molar-refractivity contribution in [2.45, 2.75) is 6.54 Å². The van der Waals surface area contributed by atoms with Crippen molar-refractivity contribution < 1.29 is 15.0 Å². The van der Waals surface area contributed by atoms with Crippen LogP contribution in [-0.2, 0) is 11.3 Å². The second kappa shape index (κ2) is 5.80. The topological polar surface area (TPSA) is 94.2 Å². The maximum atomic E-state index is 10.9. The predicted octanol–water partition coefficient (Wildman–Crippen LogP) is -0.460. The van der Waals surface area contributed by atoms with Gasteiger partial charge in [-0.05, 0) is 12.0 Å². The van der Waals surface area contributed by atoms with Crippen molar-refractivity contribution in [1.82, 2.24) is 24.4 Å². The van der Waals surface area contributed by atoms with E-state index >= 15 is 0 Å². The van der Waals surface area contributed by atoms with Crippen LogP contribution in [0.5, 0.6) is 0 Å². The SMILES string of the molecule is O=C(O)CN1CC2CN(Cc3cnn4cccnc34)CC2(CO)C1. The number of aliphatic hydroxyl groups is 1. The molecular weight excluding hydrogens is 310 g/mol. The van der Waals surface area contributed by atoms with Crippen LogP contribution in [0.3, 0.4) is 0 Å². The molecular formula is C16H21N5O3. The molecule has 0 radical (unpaired) electrons. The van der Waals surface area contributed by atoms with Gasteiger partial charge in [-0.2, -0.15) is 5.10 Å². The first-order valence-electron chi connectivity index (χ1n) is 8.14. The number of hydrogen-bond acceptors (Lipinski definition) is 6. The fourth-order valence-corrected chi connectivity index (χ4v) is 4.29. The van der Waals surface area contributed by atoms with Gasteiger partial charge in [-0.15, -0.1) is 0 Å². The Morgan fingerprint density at radius 2 is 2.12 bits per heavy atom. The third kappa shape index (κ3) is 2.56. The summed E-state index contributed by atoms with van der Waals surface area (Å²) in [6, 6.07) is 1.85. The number of carboxylic acid groups (broad SMARTS) is 1. The fourth-order valence-electron chi connectivity index (χ4n) is 4.29. The summed E-state index contributed by atoms with van der Waals surface area (Å²) in [6.07, 6.45) is 5.49. The highest BCUT2D eigenvalue weighted by Gasteiger charge is 2.52. The third-order valence-electron chi connectivity index (χ3n) is 5.32. The van der Waals surface area contributed by atoms with Crippen LogP contribution in [0.25, 0.3) is 5.65 Å². The molecule has 0 amide bonds. The van der Waals surface area contributed by atoms with E-state index in [9.17, 15) is 9.90 Å². The third-order valence-corrected chi connectivity index (χ3v) is 5.32. The molecule has 24 heavy (non-hydrogen) atoms. The maximum absolute atomic E-state index is 10.9. The summed E-state index contributed by atoms with van der Waals surface area (Å²) in [5, 5.41) is 23.3. The number of likely N-dealkylation sites (tertiary alicyclic amines) is 2. The average Bonchev–Trinajstić information content (AvgIpc) is 3.18. The first kappa shape index (κ1) is 15.5. The molecule has 8 nitrogen and oxygen atoms in total. The summed E-state index contributed by atoms with van der Waals surface area (Å²) in [7, 11) is 0. The Kier molecular flexibility index (Phi) is 3.75. The molecule has 2 atom stereocenters. The van der Waals surface area contributed by atoms with Crippen LogP contribution in [0, 0.1) is 11.3 Å². The highest BCUT2D eigenvalue weighted by Crippen LogP contribution is 2.42. The number of nitrogens with zero attached hydrogens (tertiary/aromatic N) is 5. The van der Waals surface area contributed by atoms with E-state index in [2.05, 4.69) is 15.0 Å². The van der Waals surface area contributed by atoms with Crippen LogP contribution in [0.15, 0.2) is 24.7 Å². The Balaban J connectivity index is 1.48. The summed E-state index contributed by atoms with van der Waals surface area (Å²) < 4.78 is 1.77. The molecule has 2 unspecified atom stereocenters. The standard InChI is InChI=1S/C16H21N5O3/c22-11-16-9-19(6-13(16)7-20(10-16)8-14(23)24)5-12-4-18-21-3-1-2-17-15(12)21/h1-4,13,22H,5-11H2,(H,23,24). The highest BCUT2D eigenvalue weighted by molar-refractivity contribution is 5.69. The molecule has 2 aliphatic heterocycles. The lowest BCUT2D eigenvalue weighted by Gasteiger charge is -2.26. The largest absolute Gasteiger partial charge is 0.480 e. The Labute approximate surface area is 139 Å². The van der Waals surface area contributed by atoms with Gasteiger partial charge >= 0.3 is 5.97 Å². The number of carbonyl (C=O) groups is 1. The Bertz CT molecular complexity index is 763. The van der Waals surface area contributed by atoms with Crippen molar-refractivity contribution in [2.24, 2.45) is 11.3 Å². The number of fused-ring (bicyclic) bond motifs is 2. The van der Waals surface area contributed by atoms with E-state index in [-0.39, 0.29) is 18.6 Å². The van der Waals surface area contributed by atoms with Crippen LogP contribution >= 0.6 is 0 Å². The summed E-state index contributed by atoms with van der Waals surface area (Å²) in [5.74, 6) is -0.506. The minimum atomic E-state index is -0.808. The molecule has 0 spiro atoms. The number of aromatic nitrogens is 3. The first-order valence-corrected chi connectivity index (χ1v) is 8.14. The second-order valence-corrected chi connectivity index (χ2v) is 7.01. The zero-order valence-corrected chi connectivity index (χ0v) is 13.4. The zero-order chi connectivity index (χ0) is 16.7. The van der Waals surface area contributed by atoms with E-state index in [0.29, 0.717) is 12.5 Å². The first-order chi connectivity index (χ1) is 11.6. The Morgan fingerprint density at radius 3 is 2.88 bits per heavy atom. The summed E-state index contributed by atoms with van der Waals surface area (Å²) in [4.78, 5) is 19.6. The van der Waals surface area contributed by atoms with Crippen LogP contribution in [0.1, 0.15) is 5.56 Å². The summed E-state index contributed by atoms with van der Waals surface area (Å²) in [6.45, 7) is 3.90. The van der Waals surface area contributed by atoms with Gasteiger partial charge in [-0.3, -0.25) is 14.6 Å². The van der Waals surface area contributed by atoms with E-state index in [0.717, 1.165) is 37.4 Å². The molecule has 2 aliphatic rings. The molecule has 8 heteroatoms. The van der Waals surface area contributed by atoms with Gasteiger partial charge in [0.25, 0.3) is 0 Å². The van der Waals surface area contributed by atoms with Crippen LogP contribution < -0.4 is 0 Å². The lowest BCUT2D eigenvalue weighted by atomic mass is 9.82. The molecule has 2 aromatic rings. The summed E-state index contributed by atoms with van der Waals surface area (Å²) >= 11 is 0. The van der Waals surface area contributed by atoms with Crippen molar-refractivity contribution in [3.63, 3.8) is 0 Å². The van der Waals surface area contributed by atoms with Crippen LogP contribution in [0.4, 0.5) is 0 Å². The van der Waals surface area contributed by atoms with E-state index < -0.39 is 5.97 Å². The molecule has 2 aromatic heterocycles. The van der Waals surface area contributed by atoms with Gasteiger partial charge in [0.15, 0.2) is 5.65 Å². The lowest BCUT2D eigenvalue weighted by Crippen LogP contribution is -2.38. The van der Waals surface area contributed by atoms with E-state index in [1.165, 1.54) is 0 Å². The summed E-state index contributed by atoms with van der Waals surface area (Å²) in [5.41, 5.74) is 1.72. The number of aliphatic carboxylic acids is 1. The molecule has 2 saturated heterocycles. The minimum absolute atomic E-state index is 0.0518. The number of rotatable bonds is 5. The normalized spacial score (nSPS) is 27.8. The van der Waals surface area contributed by atoms with Crippen molar-refractivity contribution >= 4 is 11.6 Å². The second-order valence-electron chi connectivity index (χ2n) is 7.01. The monoisotopic (exact) mass is 331 g/mol. The fraction of sp³-hybridized carbons (Fsp3) is 0.562. The maximum Gasteiger partial charge on any atom is 0.317 e. The minimum Gasteiger partial charge on any atom is -0.480 e. The van der Waals surface area contributed by atoms with Crippen molar-refractivity contribution in [3.8, 4) is 0 Å². The molecule has 0 bridgehead atoms. The number of hydrogen-bond donors (Lipinski definition) is 2. The van der Waals surface area contributed by atoms with Gasteiger partial charge < -0.3 is 10.2 Å². The molecule has 2 N–H and O–H groups in total.